The molecular formula is C23H21BrCl2FNO2. The molecule has 30 heavy (non-hydrogen) atoms. The number of nitrogens with one attached hydrogen (secondary N) is 1. The lowest BCUT2D eigenvalue weighted by Gasteiger charge is -2.15. The summed E-state index contributed by atoms with van der Waals surface area (Å²) in [6.07, 6.45) is 0.814. The number of rotatable bonds is 9. The standard InChI is InChI=1S/C23H21BrCl2FNO2/c1-29-22-11-16(13-28-10-9-15-5-7-17(27)8-6-15)19(24)12-23(22)30-14-18-20(25)3-2-4-21(18)26/h2-8,11-12,28H,9-10,13-14H2,1H3. The van der Waals surface area contributed by atoms with Crippen molar-refractivity contribution in [3.05, 3.63) is 91.6 Å². The van der Waals surface area contributed by atoms with Gasteiger partial charge in [-0.3, -0.25) is 0 Å². The summed E-state index contributed by atoms with van der Waals surface area (Å²) in [6.45, 7) is 1.65. The van der Waals surface area contributed by atoms with Crippen LogP contribution in [-0.2, 0) is 19.6 Å². The maximum atomic E-state index is 13.0. The molecule has 0 amide bonds. The predicted octanol–water partition coefficient (Wildman–Crippen LogP) is 6.81. The molecule has 0 saturated carbocycles. The molecule has 0 aliphatic carbocycles. The lowest BCUT2D eigenvalue weighted by molar-refractivity contribution is 0.284. The third kappa shape index (κ3) is 6.11. The van der Waals surface area contributed by atoms with Crippen LogP contribution < -0.4 is 14.8 Å². The average molecular weight is 513 g/mol. The van der Waals surface area contributed by atoms with E-state index in [1.807, 2.05) is 12.1 Å². The number of ether oxygens (including phenoxy) is 2. The lowest BCUT2D eigenvalue weighted by atomic mass is 10.1. The first-order valence-corrected chi connectivity index (χ1v) is 10.9. The van der Waals surface area contributed by atoms with Crippen LogP contribution in [0.2, 0.25) is 10.0 Å². The van der Waals surface area contributed by atoms with E-state index in [0.29, 0.717) is 28.1 Å². The monoisotopic (exact) mass is 511 g/mol. The van der Waals surface area contributed by atoms with Crippen molar-refractivity contribution in [1.82, 2.24) is 5.32 Å². The number of methoxy groups -OCH3 is 1. The molecule has 0 radical (unpaired) electrons. The third-order valence-electron chi connectivity index (χ3n) is 4.59. The Hall–Kier alpha value is -1.79. The third-order valence-corrected chi connectivity index (χ3v) is 6.03. The molecule has 7 heteroatoms. The Morgan fingerprint density at radius 3 is 2.37 bits per heavy atom. The van der Waals surface area contributed by atoms with Gasteiger partial charge in [-0.05, 0) is 60.5 Å². The molecule has 1 N–H and O–H groups in total. The van der Waals surface area contributed by atoms with E-state index in [2.05, 4.69) is 21.2 Å². The van der Waals surface area contributed by atoms with Gasteiger partial charge in [0, 0.05) is 26.6 Å². The minimum absolute atomic E-state index is 0.221. The zero-order chi connectivity index (χ0) is 21.5. The Balaban J connectivity index is 1.61. The second-order valence-corrected chi connectivity index (χ2v) is 8.31. The topological polar surface area (TPSA) is 30.5 Å². The van der Waals surface area contributed by atoms with Gasteiger partial charge in [-0.2, -0.15) is 0 Å². The predicted molar refractivity (Wildman–Crippen MR) is 123 cm³/mol. The van der Waals surface area contributed by atoms with Gasteiger partial charge in [0.2, 0.25) is 0 Å². The SMILES string of the molecule is COc1cc(CNCCc2ccc(F)cc2)c(Br)cc1OCc1c(Cl)cccc1Cl. The van der Waals surface area contributed by atoms with E-state index < -0.39 is 0 Å². The number of benzene rings is 3. The number of hydrogen-bond donors (Lipinski definition) is 1. The van der Waals surface area contributed by atoms with Crippen LogP contribution >= 0.6 is 39.1 Å². The molecular weight excluding hydrogens is 492 g/mol. The summed E-state index contributed by atoms with van der Waals surface area (Å²) in [7, 11) is 1.60. The highest BCUT2D eigenvalue weighted by molar-refractivity contribution is 9.10. The molecule has 0 fully saturated rings. The first kappa shape index (κ1) is 22.9. The molecule has 0 spiro atoms. The fraction of sp³-hybridized carbons (Fsp3) is 0.217. The molecule has 0 unspecified atom stereocenters. The van der Waals surface area contributed by atoms with E-state index in [1.165, 1.54) is 12.1 Å². The van der Waals surface area contributed by atoms with Gasteiger partial charge in [0.1, 0.15) is 12.4 Å². The van der Waals surface area contributed by atoms with Crippen molar-refractivity contribution in [2.75, 3.05) is 13.7 Å². The van der Waals surface area contributed by atoms with Crippen molar-refractivity contribution in [3.63, 3.8) is 0 Å². The first-order chi connectivity index (χ1) is 14.5. The zero-order valence-electron chi connectivity index (χ0n) is 16.4. The van der Waals surface area contributed by atoms with Crippen molar-refractivity contribution in [3.8, 4) is 11.5 Å². The summed E-state index contributed by atoms with van der Waals surface area (Å²) in [5.74, 6) is 0.994. The van der Waals surface area contributed by atoms with Crippen molar-refractivity contribution < 1.29 is 13.9 Å². The summed E-state index contributed by atoms with van der Waals surface area (Å²) in [5.41, 5.74) is 2.85. The Bertz CT molecular complexity index is 979. The van der Waals surface area contributed by atoms with Crippen LogP contribution in [0.25, 0.3) is 0 Å². The van der Waals surface area contributed by atoms with Gasteiger partial charge < -0.3 is 14.8 Å². The fourth-order valence-electron chi connectivity index (χ4n) is 2.91. The molecule has 0 atom stereocenters. The lowest BCUT2D eigenvalue weighted by Crippen LogP contribution is -2.17. The van der Waals surface area contributed by atoms with Crippen molar-refractivity contribution in [2.45, 2.75) is 19.6 Å². The molecule has 0 aromatic heterocycles. The van der Waals surface area contributed by atoms with E-state index in [4.69, 9.17) is 32.7 Å². The normalized spacial score (nSPS) is 10.8. The van der Waals surface area contributed by atoms with Crippen LogP contribution in [0.1, 0.15) is 16.7 Å². The van der Waals surface area contributed by atoms with Crippen LogP contribution in [-0.4, -0.2) is 13.7 Å². The first-order valence-electron chi connectivity index (χ1n) is 9.35. The summed E-state index contributed by atoms with van der Waals surface area (Å²) in [6, 6.07) is 15.7. The van der Waals surface area contributed by atoms with Crippen molar-refractivity contribution >= 4 is 39.1 Å². The fourth-order valence-corrected chi connectivity index (χ4v) is 3.88. The maximum Gasteiger partial charge on any atom is 0.162 e. The number of hydrogen-bond acceptors (Lipinski definition) is 3. The van der Waals surface area contributed by atoms with Crippen LogP contribution in [0.5, 0.6) is 11.5 Å². The minimum Gasteiger partial charge on any atom is -0.493 e. The maximum absolute atomic E-state index is 13.0. The van der Waals surface area contributed by atoms with Crippen LogP contribution in [0, 0.1) is 5.82 Å². The molecule has 0 heterocycles. The summed E-state index contributed by atoms with van der Waals surface area (Å²) in [4.78, 5) is 0. The van der Waals surface area contributed by atoms with Crippen molar-refractivity contribution in [2.24, 2.45) is 0 Å². The van der Waals surface area contributed by atoms with Gasteiger partial charge in [0.05, 0.1) is 7.11 Å². The van der Waals surface area contributed by atoms with Crippen molar-refractivity contribution in [1.29, 1.82) is 0 Å². The van der Waals surface area contributed by atoms with Crippen LogP contribution in [0.4, 0.5) is 4.39 Å². The molecule has 3 nitrogen and oxygen atoms in total. The van der Waals surface area contributed by atoms with Gasteiger partial charge in [0.25, 0.3) is 0 Å². The second-order valence-electron chi connectivity index (χ2n) is 6.64. The summed E-state index contributed by atoms with van der Waals surface area (Å²) >= 11 is 16.0. The average Bonchev–Trinajstić information content (AvgIpc) is 2.73. The Morgan fingerprint density at radius 2 is 1.70 bits per heavy atom. The smallest absolute Gasteiger partial charge is 0.162 e. The molecule has 0 bridgehead atoms. The highest BCUT2D eigenvalue weighted by Crippen LogP contribution is 2.35. The highest BCUT2D eigenvalue weighted by atomic mass is 79.9. The molecule has 0 aliphatic rings. The van der Waals surface area contributed by atoms with Gasteiger partial charge in [0.15, 0.2) is 11.5 Å². The minimum atomic E-state index is -0.221. The Kier molecular flexibility index (Phi) is 8.40. The van der Waals surface area contributed by atoms with E-state index in [9.17, 15) is 4.39 Å². The van der Waals surface area contributed by atoms with E-state index in [-0.39, 0.29) is 12.4 Å². The summed E-state index contributed by atoms with van der Waals surface area (Å²) in [5, 5.41) is 4.51. The molecule has 3 aromatic rings. The summed E-state index contributed by atoms with van der Waals surface area (Å²) < 4.78 is 25.3. The molecule has 0 saturated heterocycles. The van der Waals surface area contributed by atoms with Crippen LogP contribution in [0.3, 0.4) is 0 Å². The van der Waals surface area contributed by atoms with Gasteiger partial charge in [-0.1, -0.05) is 57.3 Å². The zero-order valence-corrected chi connectivity index (χ0v) is 19.5. The van der Waals surface area contributed by atoms with Gasteiger partial charge in [-0.25, -0.2) is 4.39 Å². The molecule has 158 valence electrons. The highest BCUT2D eigenvalue weighted by Gasteiger charge is 2.13. The van der Waals surface area contributed by atoms with E-state index in [1.54, 1.807) is 37.4 Å². The molecule has 3 rings (SSSR count). The van der Waals surface area contributed by atoms with Gasteiger partial charge in [-0.15, -0.1) is 0 Å². The van der Waals surface area contributed by atoms with E-state index in [0.717, 1.165) is 34.1 Å². The largest absolute Gasteiger partial charge is 0.493 e. The molecule has 3 aromatic carbocycles. The quantitative estimate of drug-likeness (QED) is 0.319. The van der Waals surface area contributed by atoms with Crippen LogP contribution in [0.15, 0.2) is 59.1 Å². The Morgan fingerprint density at radius 1 is 1.00 bits per heavy atom. The Labute approximate surface area is 194 Å². The second kappa shape index (κ2) is 11.0. The number of halogens is 4. The van der Waals surface area contributed by atoms with Gasteiger partial charge >= 0.3 is 0 Å². The molecule has 0 aliphatic heterocycles. The van der Waals surface area contributed by atoms with E-state index >= 15 is 0 Å².